The molecule has 2 rings (SSSR count). The maximum Gasteiger partial charge on any atom is 0.308 e. The molecular formula is C19H25NO6. The lowest BCUT2D eigenvalue weighted by Gasteiger charge is -2.29. The average Bonchev–Trinajstić information content (AvgIpc) is 2.70. The number of esters is 1. The van der Waals surface area contributed by atoms with Gasteiger partial charge in [0.25, 0.3) is 0 Å². The van der Waals surface area contributed by atoms with Gasteiger partial charge >= 0.3 is 5.97 Å². The van der Waals surface area contributed by atoms with E-state index in [0.717, 1.165) is 5.56 Å². The van der Waals surface area contributed by atoms with Gasteiger partial charge in [-0.15, -0.1) is 0 Å². The van der Waals surface area contributed by atoms with Crippen molar-refractivity contribution in [1.29, 1.82) is 0 Å². The van der Waals surface area contributed by atoms with E-state index in [2.05, 4.69) is 0 Å². The number of methoxy groups -OCH3 is 4. The number of amides is 1. The summed E-state index contributed by atoms with van der Waals surface area (Å²) in [5.74, 6) is 1.13. The molecule has 1 heterocycles. The van der Waals surface area contributed by atoms with E-state index in [4.69, 9.17) is 18.9 Å². The number of nitrogens with zero attached hydrogens (tertiary/aromatic N) is 1. The van der Waals surface area contributed by atoms with Crippen molar-refractivity contribution < 1.29 is 28.5 Å². The van der Waals surface area contributed by atoms with Crippen molar-refractivity contribution in [3.63, 3.8) is 0 Å². The summed E-state index contributed by atoms with van der Waals surface area (Å²) in [4.78, 5) is 25.7. The molecule has 1 amide bonds. The second-order valence-corrected chi connectivity index (χ2v) is 5.91. The van der Waals surface area contributed by atoms with Gasteiger partial charge in [-0.3, -0.25) is 9.59 Å². The van der Waals surface area contributed by atoms with Crippen LogP contribution in [0.5, 0.6) is 17.2 Å². The summed E-state index contributed by atoms with van der Waals surface area (Å²) in [5, 5.41) is 0. The van der Waals surface area contributed by atoms with Crippen LogP contribution in [-0.4, -0.2) is 58.3 Å². The first kappa shape index (κ1) is 19.6. The van der Waals surface area contributed by atoms with Crippen LogP contribution in [0.2, 0.25) is 0 Å². The molecule has 1 aromatic carbocycles. The Balaban J connectivity index is 2.05. The number of piperidine rings is 1. The maximum absolute atomic E-state index is 12.4. The summed E-state index contributed by atoms with van der Waals surface area (Å²) in [5.41, 5.74) is 0.761. The highest BCUT2D eigenvalue weighted by molar-refractivity contribution is 5.92. The number of carbonyl (C=O) groups is 2. The number of likely N-dealkylation sites (tertiary alicyclic amines) is 1. The van der Waals surface area contributed by atoms with Crippen LogP contribution in [0.3, 0.4) is 0 Å². The fourth-order valence-corrected chi connectivity index (χ4v) is 2.97. The van der Waals surface area contributed by atoms with Crippen molar-refractivity contribution >= 4 is 18.0 Å². The summed E-state index contributed by atoms with van der Waals surface area (Å²) in [7, 11) is 6.01. The van der Waals surface area contributed by atoms with Crippen molar-refractivity contribution in [2.75, 3.05) is 41.5 Å². The van der Waals surface area contributed by atoms with E-state index in [1.807, 2.05) is 0 Å². The number of ether oxygens (including phenoxy) is 4. The SMILES string of the molecule is COC(=O)C1CCN(C(=O)/C=C/c2cc(OC)c(OC)c(OC)c2)CC1. The molecule has 0 radical (unpaired) electrons. The lowest BCUT2D eigenvalue weighted by atomic mass is 9.97. The molecule has 26 heavy (non-hydrogen) atoms. The zero-order valence-corrected chi connectivity index (χ0v) is 15.6. The van der Waals surface area contributed by atoms with Crippen molar-refractivity contribution in [2.45, 2.75) is 12.8 Å². The van der Waals surface area contributed by atoms with E-state index in [0.29, 0.717) is 43.2 Å². The number of benzene rings is 1. The Hall–Kier alpha value is -2.70. The molecule has 7 nitrogen and oxygen atoms in total. The van der Waals surface area contributed by atoms with Crippen LogP contribution >= 0.6 is 0 Å². The van der Waals surface area contributed by atoms with Gasteiger partial charge in [0.15, 0.2) is 11.5 Å². The third-order valence-electron chi connectivity index (χ3n) is 4.45. The van der Waals surface area contributed by atoms with E-state index >= 15 is 0 Å². The fourth-order valence-electron chi connectivity index (χ4n) is 2.97. The third kappa shape index (κ3) is 4.47. The number of rotatable bonds is 6. The molecular weight excluding hydrogens is 338 g/mol. The van der Waals surface area contributed by atoms with Crippen molar-refractivity contribution in [3.8, 4) is 17.2 Å². The van der Waals surface area contributed by atoms with Gasteiger partial charge in [0.05, 0.1) is 34.4 Å². The van der Waals surface area contributed by atoms with Gasteiger partial charge in [-0.2, -0.15) is 0 Å². The Morgan fingerprint density at radius 2 is 1.58 bits per heavy atom. The second kappa shape index (κ2) is 9.12. The molecule has 0 atom stereocenters. The quantitative estimate of drug-likeness (QED) is 0.569. The van der Waals surface area contributed by atoms with E-state index in [1.165, 1.54) is 20.3 Å². The summed E-state index contributed by atoms with van der Waals surface area (Å²) in [6, 6.07) is 3.54. The molecule has 0 aromatic heterocycles. The smallest absolute Gasteiger partial charge is 0.308 e. The molecule has 1 saturated heterocycles. The van der Waals surface area contributed by atoms with Gasteiger partial charge in [0, 0.05) is 19.2 Å². The monoisotopic (exact) mass is 363 g/mol. The second-order valence-electron chi connectivity index (χ2n) is 5.91. The summed E-state index contributed by atoms with van der Waals surface area (Å²) < 4.78 is 20.7. The zero-order chi connectivity index (χ0) is 19.1. The Morgan fingerprint density at radius 1 is 1.00 bits per heavy atom. The van der Waals surface area contributed by atoms with Gasteiger partial charge in [0.2, 0.25) is 11.7 Å². The van der Waals surface area contributed by atoms with E-state index in [9.17, 15) is 9.59 Å². The topological polar surface area (TPSA) is 74.3 Å². The zero-order valence-electron chi connectivity index (χ0n) is 15.6. The molecule has 0 saturated carbocycles. The Labute approximate surface area is 153 Å². The van der Waals surface area contributed by atoms with Crippen LogP contribution in [0.1, 0.15) is 18.4 Å². The highest BCUT2D eigenvalue weighted by Crippen LogP contribution is 2.38. The Kier molecular flexibility index (Phi) is 6.89. The predicted molar refractivity (Wildman–Crippen MR) is 96.5 cm³/mol. The minimum absolute atomic E-state index is 0.0953. The van der Waals surface area contributed by atoms with Crippen LogP contribution in [0.25, 0.3) is 6.08 Å². The van der Waals surface area contributed by atoms with Gasteiger partial charge < -0.3 is 23.8 Å². The summed E-state index contributed by atoms with van der Waals surface area (Å²) in [6.07, 6.45) is 4.46. The van der Waals surface area contributed by atoms with Crippen LogP contribution in [0.15, 0.2) is 18.2 Å². The molecule has 0 unspecified atom stereocenters. The fraction of sp³-hybridized carbons (Fsp3) is 0.474. The van der Waals surface area contributed by atoms with Gasteiger partial charge in [-0.05, 0) is 36.6 Å². The molecule has 0 bridgehead atoms. The lowest BCUT2D eigenvalue weighted by Crippen LogP contribution is -2.39. The van der Waals surface area contributed by atoms with E-state index in [1.54, 1.807) is 37.3 Å². The number of hydrogen-bond acceptors (Lipinski definition) is 6. The minimum Gasteiger partial charge on any atom is -0.493 e. The van der Waals surface area contributed by atoms with Gasteiger partial charge in [-0.25, -0.2) is 0 Å². The van der Waals surface area contributed by atoms with Crippen molar-refractivity contribution in [1.82, 2.24) is 4.90 Å². The Morgan fingerprint density at radius 3 is 2.04 bits per heavy atom. The number of hydrogen-bond donors (Lipinski definition) is 0. The first-order chi connectivity index (χ1) is 12.5. The van der Waals surface area contributed by atoms with Gasteiger partial charge in [-0.1, -0.05) is 0 Å². The van der Waals surface area contributed by atoms with Crippen LogP contribution in [0.4, 0.5) is 0 Å². The molecule has 1 aromatic rings. The minimum atomic E-state index is -0.204. The van der Waals surface area contributed by atoms with E-state index in [-0.39, 0.29) is 17.8 Å². The maximum atomic E-state index is 12.4. The van der Waals surface area contributed by atoms with Crippen LogP contribution in [-0.2, 0) is 14.3 Å². The van der Waals surface area contributed by atoms with Crippen molar-refractivity contribution in [3.05, 3.63) is 23.8 Å². The lowest BCUT2D eigenvalue weighted by molar-refractivity contribution is -0.148. The van der Waals surface area contributed by atoms with E-state index < -0.39 is 0 Å². The summed E-state index contributed by atoms with van der Waals surface area (Å²) in [6.45, 7) is 1.08. The molecule has 0 spiro atoms. The molecule has 0 N–H and O–H groups in total. The molecule has 1 aliphatic rings. The average molecular weight is 363 g/mol. The normalized spacial score (nSPS) is 15.0. The number of carbonyl (C=O) groups excluding carboxylic acids is 2. The third-order valence-corrected chi connectivity index (χ3v) is 4.45. The Bertz CT molecular complexity index is 652. The molecule has 1 fully saturated rings. The first-order valence-corrected chi connectivity index (χ1v) is 8.38. The largest absolute Gasteiger partial charge is 0.493 e. The molecule has 1 aliphatic heterocycles. The molecule has 142 valence electrons. The first-order valence-electron chi connectivity index (χ1n) is 8.38. The standard InChI is InChI=1S/C19H25NO6/c1-23-15-11-13(12-16(24-2)18(15)25-3)5-6-17(21)20-9-7-14(8-10-20)19(22)26-4/h5-6,11-12,14H,7-10H2,1-4H3/b6-5+. The molecule has 0 aliphatic carbocycles. The predicted octanol–water partition coefficient (Wildman–Crippen LogP) is 2.14. The van der Waals surface area contributed by atoms with Gasteiger partial charge in [0.1, 0.15) is 0 Å². The highest BCUT2D eigenvalue weighted by atomic mass is 16.5. The van der Waals surface area contributed by atoms with Crippen LogP contribution in [0, 0.1) is 5.92 Å². The van der Waals surface area contributed by atoms with Crippen molar-refractivity contribution in [2.24, 2.45) is 5.92 Å². The molecule has 7 heteroatoms. The van der Waals surface area contributed by atoms with Crippen LogP contribution < -0.4 is 14.2 Å². The highest BCUT2D eigenvalue weighted by Gasteiger charge is 2.27. The summed E-state index contributed by atoms with van der Waals surface area (Å²) >= 11 is 0.